The average Bonchev–Trinajstić information content (AvgIpc) is 2.18. The maximum absolute atomic E-state index is 10.9. The van der Waals surface area contributed by atoms with Gasteiger partial charge < -0.3 is 9.90 Å². The largest absolute Gasteiger partial charge is 0.545 e. The van der Waals surface area contributed by atoms with Gasteiger partial charge in [-0.15, -0.1) is 0 Å². The number of carboxylic acid groups (broad SMARTS) is 1. The number of carbonyl (C=O) groups excluding carboxylic acids is 1. The molecule has 3 heteroatoms. The average molecular weight is 200 g/mol. The maximum atomic E-state index is 10.9. The monoisotopic (exact) mass is 200 g/mol. The summed E-state index contributed by atoms with van der Waals surface area (Å²) in [7, 11) is 0. The van der Waals surface area contributed by atoms with Gasteiger partial charge in [0, 0.05) is 16.6 Å². The summed E-state index contributed by atoms with van der Waals surface area (Å²) in [6.45, 7) is 3.69. The second kappa shape index (κ2) is 3.35. The van der Waals surface area contributed by atoms with Crippen LogP contribution in [0.25, 0.3) is 10.9 Å². The zero-order valence-corrected chi connectivity index (χ0v) is 8.57. The molecule has 0 spiro atoms. The van der Waals surface area contributed by atoms with Gasteiger partial charge in [0.25, 0.3) is 0 Å². The lowest BCUT2D eigenvalue weighted by molar-refractivity contribution is -0.254. The Morgan fingerprint density at radius 1 is 1.33 bits per heavy atom. The van der Waals surface area contributed by atoms with Crippen molar-refractivity contribution in [1.29, 1.82) is 0 Å². The first-order valence-electron chi connectivity index (χ1n) is 4.68. The van der Waals surface area contributed by atoms with Crippen molar-refractivity contribution >= 4 is 16.9 Å². The van der Waals surface area contributed by atoms with Crippen molar-refractivity contribution in [3.63, 3.8) is 0 Å². The molecule has 0 aliphatic heterocycles. The molecule has 0 amide bonds. The van der Waals surface area contributed by atoms with Crippen molar-refractivity contribution in [1.82, 2.24) is 4.98 Å². The summed E-state index contributed by atoms with van der Waals surface area (Å²) in [4.78, 5) is 15.3. The zero-order valence-electron chi connectivity index (χ0n) is 8.57. The Bertz CT molecular complexity index is 547. The third kappa shape index (κ3) is 1.56. The summed E-state index contributed by atoms with van der Waals surface area (Å²) in [5, 5.41) is 11.6. The highest BCUT2D eigenvalue weighted by Gasteiger charge is 2.05. The van der Waals surface area contributed by atoms with Gasteiger partial charge in [0.15, 0.2) is 0 Å². The summed E-state index contributed by atoms with van der Waals surface area (Å²) in [6.07, 6.45) is 0. The predicted octanol–water partition coefficient (Wildman–Crippen LogP) is 1.22. The number of hydrogen-bond donors (Lipinski definition) is 0. The number of fused-ring (bicyclic) bond motifs is 1. The van der Waals surface area contributed by atoms with Crippen LogP contribution in [0, 0.1) is 13.8 Å². The Kier molecular flexibility index (Phi) is 2.15. The van der Waals surface area contributed by atoms with Crippen LogP contribution in [0.15, 0.2) is 24.3 Å². The second-order valence-electron chi connectivity index (χ2n) is 3.57. The summed E-state index contributed by atoms with van der Waals surface area (Å²) >= 11 is 0. The highest BCUT2D eigenvalue weighted by Crippen LogP contribution is 2.20. The van der Waals surface area contributed by atoms with Gasteiger partial charge in [0.05, 0.1) is 11.5 Å². The molecule has 3 nitrogen and oxygen atoms in total. The number of aromatic nitrogens is 1. The molecule has 15 heavy (non-hydrogen) atoms. The number of aromatic carboxylic acids is 1. The zero-order chi connectivity index (χ0) is 11.0. The highest BCUT2D eigenvalue weighted by atomic mass is 16.4. The third-order valence-electron chi connectivity index (χ3n) is 2.39. The molecule has 0 saturated carbocycles. The van der Waals surface area contributed by atoms with Gasteiger partial charge >= 0.3 is 0 Å². The number of aryl methyl sites for hydroxylation is 2. The van der Waals surface area contributed by atoms with Gasteiger partial charge in [-0.25, -0.2) is 0 Å². The molecule has 0 saturated heterocycles. The summed E-state index contributed by atoms with van der Waals surface area (Å²) < 4.78 is 0. The van der Waals surface area contributed by atoms with Crippen LogP contribution < -0.4 is 5.11 Å². The second-order valence-corrected chi connectivity index (χ2v) is 3.57. The van der Waals surface area contributed by atoms with Gasteiger partial charge in [-0.2, -0.15) is 0 Å². The van der Waals surface area contributed by atoms with E-state index in [9.17, 15) is 9.90 Å². The predicted molar refractivity (Wildman–Crippen MR) is 55.5 cm³/mol. The Hall–Kier alpha value is -1.90. The van der Waals surface area contributed by atoms with Crippen LogP contribution in [0.4, 0.5) is 0 Å². The van der Waals surface area contributed by atoms with Crippen molar-refractivity contribution in [2.75, 3.05) is 0 Å². The number of pyridine rings is 1. The maximum Gasteiger partial charge on any atom is 0.0740 e. The Labute approximate surface area is 87.4 Å². The molecule has 0 radical (unpaired) electrons. The Morgan fingerprint density at radius 2 is 2.07 bits per heavy atom. The van der Waals surface area contributed by atoms with Gasteiger partial charge in [0.2, 0.25) is 0 Å². The molecule has 0 fully saturated rings. The first kappa shape index (κ1) is 9.65. The molecule has 2 aromatic rings. The summed E-state index contributed by atoms with van der Waals surface area (Å²) in [5.74, 6) is -1.16. The molecule has 0 bridgehead atoms. The van der Waals surface area contributed by atoms with E-state index in [2.05, 4.69) is 4.98 Å². The van der Waals surface area contributed by atoms with E-state index >= 15 is 0 Å². The van der Waals surface area contributed by atoms with E-state index in [1.165, 1.54) is 6.07 Å². The molecule has 0 N–H and O–H groups in total. The summed E-state index contributed by atoms with van der Waals surface area (Å²) in [6, 6.07) is 7.02. The van der Waals surface area contributed by atoms with Gasteiger partial charge in [0.1, 0.15) is 0 Å². The topological polar surface area (TPSA) is 53.0 Å². The van der Waals surface area contributed by atoms with Gasteiger partial charge in [-0.1, -0.05) is 18.2 Å². The fourth-order valence-corrected chi connectivity index (χ4v) is 1.69. The van der Waals surface area contributed by atoms with Crippen LogP contribution in [0.3, 0.4) is 0 Å². The molecule has 1 heterocycles. The van der Waals surface area contributed by atoms with Crippen molar-refractivity contribution in [3.8, 4) is 0 Å². The van der Waals surface area contributed by atoms with E-state index in [4.69, 9.17) is 0 Å². The van der Waals surface area contributed by atoms with E-state index in [-0.39, 0.29) is 5.56 Å². The fourth-order valence-electron chi connectivity index (χ4n) is 1.69. The van der Waals surface area contributed by atoms with Crippen LogP contribution in [0.2, 0.25) is 0 Å². The minimum Gasteiger partial charge on any atom is -0.545 e. The lowest BCUT2D eigenvalue weighted by Gasteiger charge is -2.09. The van der Waals surface area contributed by atoms with E-state index in [1.807, 2.05) is 19.1 Å². The standard InChI is InChI=1S/C12H11NO2/c1-7-4-3-5-9-10(12(14)15)6-8(2)13-11(7)9/h3-6H,1-2H3,(H,14,15)/p-1. The van der Waals surface area contributed by atoms with E-state index in [0.717, 1.165) is 11.1 Å². The number of carboxylic acids is 1. The van der Waals surface area contributed by atoms with Crippen molar-refractivity contribution < 1.29 is 9.90 Å². The number of rotatable bonds is 1. The van der Waals surface area contributed by atoms with Crippen molar-refractivity contribution in [2.45, 2.75) is 13.8 Å². The van der Waals surface area contributed by atoms with E-state index in [1.54, 1.807) is 13.0 Å². The molecule has 76 valence electrons. The smallest absolute Gasteiger partial charge is 0.0740 e. The molecule has 1 aromatic heterocycles. The lowest BCUT2D eigenvalue weighted by atomic mass is 10.0. The number of para-hydroxylation sites is 1. The molecular formula is C12H10NO2-. The SMILES string of the molecule is Cc1cc(C(=O)[O-])c2cccc(C)c2n1. The molecule has 0 aliphatic carbocycles. The molecule has 2 rings (SSSR count). The highest BCUT2D eigenvalue weighted by molar-refractivity contribution is 6.02. The minimum atomic E-state index is -1.16. The lowest BCUT2D eigenvalue weighted by Crippen LogP contribution is -2.22. The molecule has 1 aromatic carbocycles. The normalized spacial score (nSPS) is 10.5. The van der Waals surface area contributed by atoms with E-state index in [0.29, 0.717) is 11.1 Å². The first-order chi connectivity index (χ1) is 7.09. The number of hydrogen-bond acceptors (Lipinski definition) is 3. The van der Waals surface area contributed by atoms with Crippen LogP contribution in [-0.2, 0) is 0 Å². The minimum absolute atomic E-state index is 0.209. The molecular weight excluding hydrogens is 190 g/mol. The molecule has 0 atom stereocenters. The number of carbonyl (C=O) groups is 1. The van der Waals surface area contributed by atoms with Gasteiger partial charge in [-0.05, 0) is 25.5 Å². The van der Waals surface area contributed by atoms with E-state index < -0.39 is 5.97 Å². The molecule has 0 unspecified atom stereocenters. The Balaban J connectivity index is 2.92. The molecule has 0 aliphatic rings. The van der Waals surface area contributed by atoms with Gasteiger partial charge in [-0.3, -0.25) is 4.98 Å². The third-order valence-corrected chi connectivity index (χ3v) is 2.39. The first-order valence-corrected chi connectivity index (χ1v) is 4.68. The van der Waals surface area contributed by atoms with Crippen LogP contribution >= 0.6 is 0 Å². The van der Waals surface area contributed by atoms with Crippen molar-refractivity contribution in [2.24, 2.45) is 0 Å². The Morgan fingerprint density at radius 3 is 2.73 bits per heavy atom. The van der Waals surface area contributed by atoms with Crippen LogP contribution in [0.5, 0.6) is 0 Å². The van der Waals surface area contributed by atoms with Crippen molar-refractivity contribution in [3.05, 3.63) is 41.1 Å². The fraction of sp³-hybridized carbons (Fsp3) is 0.167. The number of benzene rings is 1. The number of nitrogens with zero attached hydrogens (tertiary/aromatic N) is 1. The van der Waals surface area contributed by atoms with Crippen LogP contribution in [0.1, 0.15) is 21.6 Å². The summed E-state index contributed by atoms with van der Waals surface area (Å²) in [5.41, 5.74) is 2.60. The quantitative estimate of drug-likeness (QED) is 0.695. The van der Waals surface area contributed by atoms with Crippen LogP contribution in [-0.4, -0.2) is 11.0 Å².